The molecule has 0 aromatic carbocycles. The van der Waals surface area contributed by atoms with E-state index in [4.69, 9.17) is 5.11 Å². The number of hydrogen-bond acceptors (Lipinski definition) is 3. The lowest BCUT2D eigenvalue weighted by Crippen LogP contribution is -2.32. The van der Waals surface area contributed by atoms with Crippen molar-refractivity contribution in [3.8, 4) is 0 Å². The van der Waals surface area contributed by atoms with E-state index in [0.29, 0.717) is 12.6 Å². The first kappa shape index (κ1) is 10.1. The van der Waals surface area contributed by atoms with Crippen molar-refractivity contribution in [2.75, 3.05) is 25.4 Å². The van der Waals surface area contributed by atoms with Crippen LogP contribution < -0.4 is 0 Å². The largest absolute Gasteiger partial charge is 0.395 e. The third-order valence-corrected chi connectivity index (χ3v) is 2.53. The van der Waals surface area contributed by atoms with Crippen molar-refractivity contribution in [3.05, 3.63) is 12.2 Å². The zero-order chi connectivity index (χ0) is 8.81. The van der Waals surface area contributed by atoms with Gasteiger partial charge in [0.05, 0.1) is 6.61 Å². The van der Waals surface area contributed by atoms with Crippen molar-refractivity contribution >= 4 is 12.6 Å². The highest BCUT2D eigenvalue weighted by Crippen LogP contribution is 2.15. The van der Waals surface area contributed by atoms with Crippen LogP contribution in [0.1, 0.15) is 12.8 Å². The maximum atomic E-state index is 9.01. The van der Waals surface area contributed by atoms with Crippen molar-refractivity contribution in [1.82, 2.24) is 4.90 Å². The molecule has 1 aliphatic rings. The number of aliphatic hydroxyl groups excluding tert-OH is 1. The molecule has 0 aliphatic carbocycles. The van der Waals surface area contributed by atoms with E-state index in [1.807, 2.05) is 0 Å². The highest BCUT2D eigenvalue weighted by Gasteiger charge is 2.21. The van der Waals surface area contributed by atoms with Gasteiger partial charge in [-0.2, -0.15) is 12.6 Å². The lowest BCUT2D eigenvalue weighted by molar-refractivity contribution is 0.170. The zero-order valence-corrected chi connectivity index (χ0v) is 8.21. The Labute approximate surface area is 79.7 Å². The Morgan fingerprint density at radius 2 is 2.33 bits per heavy atom. The molecule has 1 saturated heterocycles. The van der Waals surface area contributed by atoms with Gasteiger partial charge in [-0.05, 0) is 19.4 Å². The smallest absolute Gasteiger partial charge is 0.0587 e. The Kier molecular flexibility index (Phi) is 4.73. The van der Waals surface area contributed by atoms with E-state index < -0.39 is 0 Å². The molecule has 1 fully saturated rings. The number of hydrogen-bond donors (Lipinski definition) is 2. The fraction of sp³-hybridized carbons (Fsp3) is 0.778. The van der Waals surface area contributed by atoms with E-state index in [0.717, 1.165) is 25.3 Å². The third kappa shape index (κ3) is 2.81. The maximum absolute atomic E-state index is 9.01. The zero-order valence-electron chi connectivity index (χ0n) is 7.32. The van der Waals surface area contributed by atoms with Gasteiger partial charge in [0.25, 0.3) is 0 Å². The Balaban J connectivity index is 2.25. The standard InChI is InChI=1S/C9H17NOS/c11-8-9-4-3-6-10(9)5-1-2-7-12/h1-2,9,11-12H,3-8H2. The monoisotopic (exact) mass is 187 g/mol. The van der Waals surface area contributed by atoms with Crippen LogP contribution in [0.5, 0.6) is 0 Å². The number of likely N-dealkylation sites (tertiary alicyclic amines) is 1. The minimum atomic E-state index is 0.300. The van der Waals surface area contributed by atoms with Crippen LogP contribution in [0.25, 0.3) is 0 Å². The van der Waals surface area contributed by atoms with Gasteiger partial charge < -0.3 is 5.11 Å². The van der Waals surface area contributed by atoms with Crippen LogP contribution in [-0.4, -0.2) is 41.5 Å². The summed E-state index contributed by atoms with van der Waals surface area (Å²) in [6, 6.07) is 0.398. The van der Waals surface area contributed by atoms with Gasteiger partial charge in [-0.1, -0.05) is 12.2 Å². The average Bonchev–Trinajstić information content (AvgIpc) is 2.52. The molecule has 0 bridgehead atoms. The van der Waals surface area contributed by atoms with Crippen LogP contribution in [0, 0.1) is 0 Å². The van der Waals surface area contributed by atoms with Crippen LogP contribution in [0.4, 0.5) is 0 Å². The molecule has 3 heteroatoms. The highest BCUT2D eigenvalue weighted by atomic mass is 32.1. The number of nitrogens with zero attached hydrogens (tertiary/aromatic N) is 1. The van der Waals surface area contributed by atoms with Crippen molar-refractivity contribution in [2.45, 2.75) is 18.9 Å². The van der Waals surface area contributed by atoms with Crippen LogP contribution in [0.2, 0.25) is 0 Å². The van der Waals surface area contributed by atoms with E-state index in [2.05, 4.69) is 29.7 Å². The Bertz CT molecular complexity index is 149. The second kappa shape index (κ2) is 5.62. The first-order valence-corrected chi connectivity index (χ1v) is 5.12. The predicted octanol–water partition coefficient (Wildman–Crippen LogP) is 0.929. The molecule has 2 nitrogen and oxygen atoms in total. The molecule has 12 heavy (non-hydrogen) atoms. The summed E-state index contributed by atoms with van der Waals surface area (Å²) in [7, 11) is 0. The summed E-state index contributed by atoms with van der Waals surface area (Å²) in [5.74, 6) is 0.803. The second-order valence-corrected chi connectivity index (χ2v) is 3.49. The van der Waals surface area contributed by atoms with E-state index in [-0.39, 0.29) is 0 Å². The van der Waals surface area contributed by atoms with Gasteiger partial charge in [-0.3, -0.25) is 4.90 Å². The molecule has 1 aliphatic heterocycles. The van der Waals surface area contributed by atoms with Gasteiger partial charge in [0, 0.05) is 18.3 Å². The first-order chi connectivity index (χ1) is 5.88. The quantitative estimate of drug-likeness (QED) is 0.505. The summed E-state index contributed by atoms with van der Waals surface area (Å²) in [6.07, 6.45) is 6.54. The van der Waals surface area contributed by atoms with Gasteiger partial charge in [0.15, 0.2) is 0 Å². The lowest BCUT2D eigenvalue weighted by Gasteiger charge is -2.20. The van der Waals surface area contributed by atoms with E-state index in [9.17, 15) is 0 Å². The fourth-order valence-electron chi connectivity index (χ4n) is 1.63. The predicted molar refractivity (Wildman–Crippen MR) is 54.7 cm³/mol. The van der Waals surface area contributed by atoms with Gasteiger partial charge in [-0.25, -0.2) is 0 Å². The SMILES string of the molecule is OCC1CCCN1CC=CCS. The Morgan fingerprint density at radius 3 is 3.00 bits per heavy atom. The van der Waals surface area contributed by atoms with Gasteiger partial charge in [0.1, 0.15) is 0 Å². The first-order valence-electron chi connectivity index (χ1n) is 4.49. The third-order valence-electron chi connectivity index (χ3n) is 2.32. The van der Waals surface area contributed by atoms with Gasteiger partial charge in [-0.15, -0.1) is 0 Å². The Morgan fingerprint density at radius 1 is 1.50 bits per heavy atom. The maximum Gasteiger partial charge on any atom is 0.0587 e. The minimum Gasteiger partial charge on any atom is -0.395 e. The molecule has 0 spiro atoms. The van der Waals surface area contributed by atoms with Crippen molar-refractivity contribution in [2.24, 2.45) is 0 Å². The molecular weight excluding hydrogens is 170 g/mol. The summed E-state index contributed by atoms with van der Waals surface area (Å²) in [5, 5.41) is 9.01. The summed E-state index contributed by atoms with van der Waals surface area (Å²) < 4.78 is 0. The molecule has 0 radical (unpaired) electrons. The van der Waals surface area contributed by atoms with Gasteiger partial charge in [0.2, 0.25) is 0 Å². The number of thiol groups is 1. The van der Waals surface area contributed by atoms with Crippen LogP contribution in [0.3, 0.4) is 0 Å². The van der Waals surface area contributed by atoms with Gasteiger partial charge >= 0.3 is 0 Å². The van der Waals surface area contributed by atoms with Crippen molar-refractivity contribution in [3.63, 3.8) is 0 Å². The van der Waals surface area contributed by atoms with E-state index in [1.165, 1.54) is 6.42 Å². The summed E-state index contributed by atoms with van der Waals surface area (Å²) in [6.45, 7) is 2.39. The molecule has 1 N–H and O–H groups in total. The summed E-state index contributed by atoms with van der Waals surface area (Å²) in [5.41, 5.74) is 0. The summed E-state index contributed by atoms with van der Waals surface area (Å²) in [4.78, 5) is 2.32. The molecule has 1 heterocycles. The molecule has 1 unspecified atom stereocenters. The molecular formula is C9H17NOS. The molecule has 0 amide bonds. The molecule has 0 aromatic heterocycles. The average molecular weight is 187 g/mol. The number of rotatable bonds is 4. The lowest BCUT2D eigenvalue weighted by atomic mass is 10.2. The van der Waals surface area contributed by atoms with E-state index in [1.54, 1.807) is 0 Å². The van der Waals surface area contributed by atoms with Crippen LogP contribution in [-0.2, 0) is 0 Å². The molecule has 1 atom stereocenters. The fourth-order valence-corrected chi connectivity index (χ4v) is 1.78. The van der Waals surface area contributed by atoms with Crippen LogP contribution >= 0.6 is 12.6 Å². The number of aliphatic hydroxyl groups is 1. The normalized spacial score (nSPS) is 25.7. The van der Waals surface area contributed by atoms with Crippen molar-refractivity contribution in [1.29, 1.82) is 0 Å². The van der Waals surface area contributed by atoms with Crippen LogP contribution in [0.15, 0.2) is 12.2 Å². The van der Waals surface area contributed by atoms with E-state index >= 15 is 0 Å². The van der Waals surface area contributed by atoms with Crippen molar-refractivity contribution < 1.29 is 5.11 Å². The molecule has 70 valence electrons. The summed E-state index contributed by atoms with van der Waals surface area (Å²) >= 11 is 4.09. The molecule has 0 saturated carbocycles. The molecule has 1 rings (SSSR count). The molecule has 0 aromatic rings. The Hall–Kier alpha value is 0.01000. The minimum absolute atomic E-state index is 0.300. The highest BCUT2D eigenvalue weighted by molar-refractivity contribution is 7.80. The second-order valence-electron chi connectivity index (χ2n) is 3.13. The topological polar surface area (TPSA) is 23.5 Å².